The average molecular weight is 379 g/mol. The highest BCUT2D eigenvalue weighted by Gasteiger charge is 2.42. The van der Waals surface area contributed by atoms with Crippen LogP contribution in [0.5, 0.6) is 0 Å². The van der Waals surface area contributed by atoms with Crippen LogP contribution in [0.25, 0.3) is 0 Å². The van der Waals surface area contributed by atoms with Crippen LogP contribution in [0.2, 0.25) is 0 Å². The lowest BCUT2D eigenvalue weighted by atomic mass is 10.2. The molecule has 0 saturated carbocycles. The second-order valence-electron chi connectivity index (χ2n) is 5.85. The second kappa shape index (κ2) is 6.83. The van der Waals surface area contributed by atoms with Gasteiger partial charge in [-0.1, -0.05) is 24.3 Å². The maximum Gasteiger partial charge on any atom is 0.407 e. The van der Waals surface area contributed by atoms with Gasteiger partial charge < -0.3 is 10.0 Å². The Bertz CT molecular complexity index is 921. The molecule has 0 fully saturated rings. The van der Waals surface area contributed by atoms with Crippen molar-refractivity contribution in [2.45, 2.75) is 6.42 Å². The van der Waals surface area contributed by atoms with E-state index in [0.717, 1.165) is 13.5 Å². The van der Waals surface area contributed by atoms with Crippen molar-refractivity contribution in [2.75, 3.05) is 28.7 Å². The minimum Gasteiger partial charge on any atom is -0.465 e. The van der Waals surface area contributed by atoms with E-state index in [2.05, 4.69) is 0 Å². The molecule has 7 nitrogen and oxygen atoms in total. The first kappa shape index (κ1) is 18.0. The first-order valence-electron chi connectivity index (χ1n) is 7.94. The molecule has 1 aliphatic rings. The van der Waals surface area contributed by atoms with Gasteiger partial charge in [-0.25, -0.2) is 17.8 Å². The predicted molar refractivity (Wildman–Crippen MR) is 96.5 cm³/mol. The molecule has 0 bridgehead atoms. The maximum atomic E-state index is 14.5. The summed E-state index contributed by atoms with van der Waals surface area (Å²) in [4.78, 5) is 11.9. The smallest absolute Gasteiger partial charge is 0.407 e. The summed E-state index contributed by atoms with van der Waals surface area (Å²) in [6, 6.07) is 12.6. The van der Waals surface area contributed by atoms with Crippen molar-refractivity contribution >= 4 is 33.4 Å². The molecule has 0 saturated heterocycles. The number of para-hydroxylation sites is 2. The number of benzene rings is 2. The molecule has 2 aromatic rings. The molecule has 0 spiro atoms. The van der Waals surface area contributed by atoms with Gasteiger partial charge in [-0.05, 0) is 30.7 Å². The van der Waals surface area contributed by atoms with Gasteiger partial charge in [0, 0.05) is 20.1 Å². The van der Waals surface area contributed by atoms with Crippen LogP contribution in [0.4, 0.5) is 26.2 Å². The normalized spacial score (nSPS) is 15.0. The Morgan fingerprint density at radius 3 is 2.50 bits per heavy atom. The number of anilines is 3. The monoisotopic (exact) mass is 379 g/mol. The number of rotatable bonds is 5. The maximum absolute atomic E-state index is 14.5. The summed E-state index contributed by atoms with van der Waals surface area (Å²) in [6.45, 7) is 0.105. The molecule has 0 atom stereocenters. The first-order valence-corrected chi connectivity index (χ1v) is 9.34. The largest absolute Gasteiger partial charge is 0.465 e. The molecule has 1 heterocycles. The Kier molecular flexibility index (Phi) is 4.73. The van der Waals surface area contributed by atoms with Crippen molar-refractivity contribution in [3.63, 3.8) is 0 Å². The number of halogens is 1. The molecule has 0 radical (unpaired) electrons. The molecule has 0 unspecified atom stereocenters. The van der Waals surface area contributed by atoms with E-state index >= 15 is 0 Å². The Morgan fingerprint density at radius 1 is 1.15 bits per heavy atom. The van der Waals surface area contributed by atoms with E-state index in [4.69, 9.17) is 5.11 Å². The van der Waals surface area contributed by atoms with Crippen LogP contribution < -0.4 is 8.61 Å². The first-order chi connectivity index (χ1) is 12.3. The molecule has 138 valence electrons. The summed E-state index contributed by atoms with van der Waals surface area (Å²) in [5.41, 5.74) is 0.627. The van der Waals surface area contributed by atoms with Crippen LogP contribution in [-0.4, -0.2) is 44.7 Å². The summed E-state index contributed by atoms with van der Waals surface area (Å²) < 4.78 is 42.7. The number of hydrogen-bond donors (Lipinski definition) is 1. The van der Waals surface area contributed by atoms with Crippen LogP contribution in [0, 0.1) is 5.82 Å². The SMILES string of the molecule is CN(CCCN1c2c(F)cccc2N(c2ccccc2)S1(=O)=O)C(=O)O. The van der Waals surface area contributed by atoms with E-state index in [1.165, 1.54) is 19.2 Å². The van der Waals surface area contributed by atoms with Crippen molar-refractivity contribution in [3.8, 4) is 0 Å². The number of fused-ring (bicyclic) bond motifs is 1. The Morgan fingerprint density at radius 2 is 1.85 bits per heavy atom. The lowest BCUT2D eigenvalue weighted by Crippen LogP contribution is -2.37. The molecule has 26 heavy (non-hydrogen) atoms. The van der Waals surface area contributed by atoms with Crippen LogP contribution in [-0.2, 0) is 10.2 Å². The minimum absolute atomic E-state index is 0.0191. The third kappa shape index (κ3) is 3.05. The van der Waals surface area contributed by atoms with Gasteiger partial charge >= 0.3 is 16.3 Å². The van der Waals surface area contributed by atoms with Gasteiger partial charge in [-0.2, -0.15) is 8.42 Å². The van der Waals surface area contributed by atoms with E-state index in [-0.39, 0.29) is 30.9 Å². The highest BCUT2D eigenvalue weighted by molar-refractivity contribution is 7.95. The van der Waals surface area contributed by atoms with E-state index in [1.807, 2.05) is 0 Å². The fourth-order valence-corrected chi connectivity index (χ4v) is 4.62. The Hall–Kier alpha value is -2.81. The predicted octanol–water partition coefficient (Wildman–Crippen LogP) is 3.03. The third-order valence-corrected chi connectivity index (χ3v) is 5.91. The van der Waals surface area contributed by atoms with Crippen molar-refractivity contribution in [1.82, 2.24) is 4.90 Å². The molecule has 0 aliphatic carbocycles. The quantitative estimate of drug-likeness (QED) is 0.866. The molecule has 1 N–H and O–H groups in total. The molecule has 1 amide bonds. The zero-order valence-corrected chi connectivity index (χ0v) is 14.9. The van der Waals surface area contributed by atoms with Crippen LogP contribution in [0.3, 0.4) is 0 Å². The second-order valence-corrected chi connectivity index (χ2v) is 7.55. The summed E-state index contributed by atoms with van der Waals surface area (Å²) in [5.74, 6) is -0.643. The van der Waals surface area contributed by atoms with E-state index < -0.39 is 22.1 Å². The molecule has 9 heteroatoms. The van der Waals surface area contributed by atoms with Gasteiger partial charge in [0.1, 0.15) is 11.5 Å². The number of hydrogen-bond acceptors (Lipinski definition) is 3. The van der Waals surface area contributed by atoms with E-state index in [0.29, 0.717) is 5.69 Å². The van der Waals surface area contributed by atoms with Gasteiger partial charge in [0.15, 0.2) is 0 Å². The number of amides is 1. The van der Waals surface area contributed by atoms with Gasteiger partial charge in [0.25, 0.3) is 0 Å². The van der Waals surface area contributed by atoms with Crippen molar-refractivity contribution in [2.24, 2.45) is 0 Å². The molecular formula is C17H18FN3O4S. The van der Waals surface area contributed by atoms with E-state index in [1.54, 1.807) is 36.4 Å². The van der Waals surface area contributed by atoms with Gasteiger partial charge in [0.05, 0.1) is 11.4 Å². The fourth-order valence-electron chi connectivity index (χ4n) is 2.86. The van der Waals surface area contributed by atoms with Crippen molar-refractivity contribution < 1.29 is 22.7 Å². The highest BCUT2D eigenvalue weighted by atomic mass is 32.2. The lowest BCUT2D eigenvalue weighted by Gasteiger charge is -2.22. The summed E-state index contributed by atoms with van der Waals surface area (Å²) in [6.07, 6.45) is -0.870. The lowest BCUT2D eigenvalue weighted by molar-refractivity contribution is 0.156. The van der Waals surface area contributed by atoms with Crippen molar-refractivity contribution in [1.29, 1.82) is 0 Å². The highest BCUT2D eigenvalue weighted by Crippen LogP contribution is 2.46. The van der Waals surface area contributed by atoms with Gasteiger partial charge in [-0.3, -0.25) is 0 Å². The number of nitrogens with zero attached hydrogens (tertiary/aromatic N) is 3. The van der Waals surface area contributed by atoms with Crippen LogP contribution >= 0.6 is 0 Å². The zero-order chi connectivity index (χ0) is 18.9. The molecular weight excluding hydrogens is 361 g/mol. The molecule has 3 rings (SSSR count). The zero-order valence-electron chi connectivity index (χ0n) is 14.0. The topological polar surface area (TPSA) is 81.2 Å². The number of carbonyl (C=O) groups is 1. The van der Waals surface area contributed by atoms with Gasteiger partial charge in [0.2, 0.25) is 0 Å². The third-order valence-electron chi connectivity index (χ3n) is 4.11. The van der Waals surface area contributed by atoms with Crippen LogP contribution in [0.1, 0.15) is 6.42 Å². The van der Waals surface area contributed by atoms with Crippen molar-refractivity contribution in [3.05, 3.63) is 54.3 Å². The summed E-state index contributed by atoms with van der Waals surface area (Å²) in [5, 5.41) is 8.90. The molecule has 2 aromatic carbocycles. The molecule has 1 aliphatic heterocycles. The summed E-state index contributed by atoms with van der Waals surface area (Å²) >= 11 is 0. The Balaban J connectivity index is 1.97. The minimum atomic E-state index is -4.02. The van der Waals surface area contributed by atoms with Gasteiger partial charge in [-0.15, -0.1) is 0 Å². The standard InChI is InChI=1S/C17H18FN3O4S/c1-19(17(22)23)11-6-12-20-16-14(18)9-5-10-15(16)21(26(20,24)25)13-7-3-2-4-8-13/h2-5,7-10H,6,11-12H2,1H3,(H,22,23). The fraction of sp³-hybridized carbons (Fsp3) is 0.235. The Labute approximate surface area is 151 Å². The molecule has 0 aromatic heterocycles. The number of carboxylic acid groups (broad SMARTS) is 1. The van der Waals surface area contributed by atoms with E-state index in [9.17, 15) is 17.6 Å². The van der Waals surface area contributed by atoms with Crippen LogP contribution in [0.15, 0.2) is 48.5 Å². The average Bonchev–Trinajstić information content (AvgIpc) is 2.83. The summed E-state index contributed by atoms with van der Waals surface area (Å²) in [7, 11) is -2.63.